The lowest BCUT2D eigenvalue weighted by molar-refractivity contribution is -0.139. The fraction of sp³-hybridized carbons (Fsp3) is 0.385. The number of nitrogens with one attached hydrogen (secondary N) is 1. The van der Waals surface area contributed by atoms with Crippen molar-refractivity contribution in [3.05, 3.63) is 29.3 Å². The van der Waals surface area contributed by atoms with Crippen LogP contribution in [-0.4, -0.2) is 29.6 Å². The highest BCUT2D eigenvalue weighted by Crippen LogP contribution is 2.19. The van der Waals surface area contributed by atoms with Gasteiger partial charge in [-0.05, 0) is 32.4 Å². The summed E-state index contributed by atoms with van der Waals surface area (Å²) in [7, 11) is 0. The molecule has 0 heterocycles. The van der Waals surface area contributed by atoms with Gasteiger partial charge in [0.15, 0.2) is 6.10 Å². The maximum atomic E-state index is 11.5. The van der Waals surface area contributed by atoms with E-state index in [1.165, 1.54) is 0 Å². The highest BCUT2D eigenvalue weighted by atomic mass is 16.5. The maximum Gasteiger partial charge on any atom is 0.322 e. The van der Waals surface area contributed by atoms with E-state index in [1.807, 2.05) is 26.0 Å². The van der Waals surface area contributed by atoms with Gasteiger partial charge in [-0.2, -0.15) is 0 Å². The molecule has 0 saturated heterocycles. The summed E-state index contributed by atoms with van der Waals surface area (Å²) < 4.78 is 5.49. The number of hydrogen-bond acceptors (Lipinski definition) is 3. The molecule has 5 nitrogen and oxygen atoms in total. The first-order valence-corrected chi connectivity index (χ1v) is 5.63. The summed E-state index contributed by atoms with van der Waals surface area (Å²) in [5.41, 5.74) is 2.05. The second-order valence-electron chi connectivity index (χ2n) is 4.14. The van der Waals surface area contributed by atoms with Crippen LogP contribution in [0.2, 0.25) is 0 Å². The number of aliphatic carboxylic acids is 1. The van der Waals surface area contributed by atoms with Gasteiger partial charge >= 0.3 is 5.97 Å². The van der Waals surface area contributed by atoms with Gasteiger partial charge in [-0.15, -0.1) is 0 Å². The normalized spacial score (nSPS) is 11.7. The van der Waals surface area contributed by atoms with Crippen molar-refractivity contribution in [3.63, 3.8) is 0 Å². The summed E-state index contributed by atoms with van der Waals surface area (Å²) in [6, 6.07) is 5.65. The van der Waals surface area contributed by atoms with Crippen molar-refractivity contribution in [2.45, 2.75) is 26.9 Å². The van der Waals surface area contributed by atoms with E-state index in [0.717, 1.165) is 11.1 Å². The predicted octanol–water partition coefficient (Wildman–Crippen LogP) is 1.27. The Morgan fingerprint density at radius 3 is 2.61 bits per heavy atom. The number of benzene rings is 1. The molecular weight excluding hydrogens is 234 g/mol. The molecule has 0 aliphatic heterocycles. The molecule has 98 valence electrons. The molecule has 0 fully saturated rings. The van der Waals surface area contributed by atoms with Crippen molar-refractivity contribution in [2.24, 2.45) is 0 Å². The summed E-state index contributed by atoms with van der Waals surface area (Å²) in [5.74, 6) is -0.905. The van der Waals surface area contributed by atoms with Gasteiger partial charge in [0, 0.05) is 0 Å². The molecule has 1 aromatic carbocycles. The molecule has 5 heteroatoms. The highest BCUT2D eigenvalue weighted by Gasteiger charge is 2.16. The standard InChI is InChI=1S/C13H17NO4/c1-8-4-5-11(9(2)6-8)18-10(3)13(17)14-7-12(15)16/h4-6,10H,7H2,1-3H3,(H,14,17)(H,15,16). The zero-order valence-corrected chi connectivity index (χ0v) is 10.7. The largest absolute Gasteiger partial charge is 0.481 e. The van der Waals surface area contributed by atoms with Gasteiger partial charge in [0.05, 0.1) is 0 Å². The third-order valence-corrected chi connectivity index (χ3v) is 2.42. The molecular formula is C13H17NO4. The molecule has 1 aromatic rings. The number of carbonyl (C=O) groups is 2. The molecule has 1 amide bonds. The molecule has 18 heavy (non-hydrogen) atoms. The van der Waals surface area contributed by atoms with E-state index in [1.54, 1.807) is 13.0 Å². The van der Waals surface area contributed by atoms with E-state index in [9.17, 15) is 9.59 Å². The van der Waals surface area contributed by atoms with E-state index in [4.69, 9.17) is 9.84 Å². The van der Waals surface area contributed by atoms with Gasteiger partial charge in [-0.25, -0.2) is 0 Å². The van der Waals surface area contributed by atoms with Crippen LogP contribution < -0.4 is 10.1 Å². The molecule has 0 radical (unpaired) electrons. The highest BCUT2D eigenvalue weighted by molar-refractivity contribution is 5.84. The fourth-order valence-corrected chi connectivity index (χ4v) is 1.48. The lowest BCUT2D eigenvalue weighted by atomic mass is 10.1. The lowest BCUT2D eigenvalue weighted by Gasteiger charge is -2.15. The van der Waals surface area contributed by atoms with Gasteiger partial charge in [-0.1, -0.05) is 17.7 Å². The first kappa shape index (κ1) is 14.0. The lowest BCUT2D eigenvalue weighted by Crippen LogP contribution is -2.39. The van der Waals surface area contributed by atoms with Crippen LogP contribution in [0, 0.1) is 13.8 Å². The minimum absolute atomic E-state index is 0.403. The monoisotopic (exact) mass is 251 g/mol. The number of rotatable bonds is 5. The number of aryl methyl sites for hydroxylation is 2. The summed E-state index contributed by atoms with van der Waals surface area (Å²) in [6.07, 6.45) is -0.731. The number of ether oxygens (including phenoxy) is 1. The predicted molar refractivity (Wildman–Crippen MR) is 66.7 cm³/mol. The summed E-state index contributed by atoms with van der Waals surface area (Å²) >= 11 is 0. The number of carbonyl (C=O) groups excluding carboxylic acids is 1. The summed E-state index contributed by atoms with van der Waals surface area (Å²) in [5, 5.41) is 10.7. The molecule has 0 spiro atoms. The van der Waals surface area contributed by atoms with E-state index in [0.29, 0.717) is 5.75 Å². The SMILES string of the molecule is Cc1ccc(OC(C)C(=O)NCC(=O)O)c(C)c1. The number of hydrogen-bond donors (Lipinski definition) is 2. The van der Waals surface area contributed by atoms with Gasteiger partial charge in [0.25, 0.3) is 5.91 Å². The van der Waals surface area contributed by atoms with Crippen LogP contribution in [0.5, 0.6) is 5.75 Å². The second kappa shape index (κ2) is 6.05. The first-order valence-electron chi connectivity index (χ1n) is 5.63. The van der Waals surface area contributed by atoms with Crippen molar-refractivity contribution in [1.82, 2.24) is 5.32 Å². The molecule has 1 atom stereocenters. The van der Waals surface area contributed by atoms with Crippen LogP contribution in [0.1, 0.15) is 18.1 Å². The van der Waals surface area contributed by atoms with Crippen LogP contribution >= 0.6 is 0 Å². The van der Waals surface area contributed by atoms with E-state index in [-0.39, 0.29) is 0 Å². The van der Waals surface area contributed by atoms with E-state index < -0.39 is 24.5 Å². The van der Waals surface area contributed by atoms with Crippen LogP contribution in [0.15, 0.2) is 18.2 Å². The topological polar surface area (TPSA) is 75.6 Å². The van der Waals surface area contributed by atoms with Crippen LogP contribution in [-0.2, 0) is 9.59 Å². The smallest absolute Gasteiger partial charge is 0.322 e. The van der Waals surface area contributed by atoms with Crippen molar-refractivity contribution in [1.29, 1.82) is 0 Å². The molecule has 2 N–H and O–H groups in total. The van der Waals surface area contributed by atoms with Gasteiger partial charge in [0.2, 0.25) is 0 Å². The molecule has 0 aromatic heterocycles. The minimum Gasteiger partial charge on any atom is -0.481 e. The Hall–Kier alpha value is -2.04. The molecule has 1 rings (SSSR count). The maximum absolute atomic E-state index is 11.5. The van der Waals surface area contributed by atoms with Crippen LogP contribution in [0.25, 0.3) is 0 Å². The third kappa shape index (κ3) is 4.08. The number of carboxylic acid groups (broad SMARTS) is 1. The molecule has 1 unspecified atom stereocenters. The average molecular weight is 251 g/mol. The summed E-state index contributed by atoms with van der Waals surface area (Å²) in [4.78, 5) is 21.9. The van der Waals surface area contributed by atoms with Crippen molar-refractivity contribution in [3.8, 4) is 5.75 Å². The Kier molecular flexibility index (Phi) is 4.71. The zero-order chi connectivity index (χ0) is 13.7. The number of amides is 1. The first-order chi connectivity index (χ1) is 8.40. The average Bonchev–Trinajstić information content (AvgIpc) is 2.29. The molecule has 0 bridgehead atoms. The van der Waals surface area contributed by atoms with Crippen molar-refractivity contribution < 1.29 is 19.4 Å². The quantitative estimate of drug-likeness (QED) is 0.826. The van der Waals surface area contributed by atoms with Crippen molar-refractivity contribution >= 4 is 11.9 Å². The van der Waals surface area contributed by atoms with Crippen molar-refractivity contribution in [2.75, 3.05) is 6.54 Å². The van der Waals surface area contributed by atoms with Gasteiger partial charge < -0.3 is 15.2 Å². The third-order valence-electron chi connectivity index (χ3n) is 2.42. The van der Waals surface area contributed by atoms with Gasteiger partial charge in [-0.3, -0.25) is 9.59 Å². The number of carboxylic acids is 1. The van der Waals surface area contributed by atoms with Crippen LogP contribution in [0.4, 0.5) is 0 Å². The van der Waals surface area contributed by atoms with Gasteiger partial charge in [0.1, 0.15) is 12.3 Å². The summed E-state index contributed by atoms with van der Waals surface area (Å²) in [6.45, 7) is 5.04. The zero-order valence-electron chi connectivity index (χ0n) is 10.7. The Morgan fingerprint density at radius 1 is 1.39 bits per heavy atom. The molecule has 0 aliphatic rings. The van der Waals surface area contributed by atoms with Crippen LogP contribution in [0.3, 0.4) is 0 Å². The van der Waals surface area contributed by atoms with E-state index in [2.05, 4.69) is 5.32 Å². The Morgan fingerprint density at radius 2 is 2.06 bits per heavy atom. The minimum atomic E-state index is -1.08. The Labute approximate surface area is 106 Å². The molecule has 0 saturated carbocycles. The molecule has 0 aliphatic carbocycles. The fourth-order valence-electron chi connectivity index (χ4n) is 1.48. The Bertz CT molecular complexity index is 456. The van der Waals surface area contributed by atoms with E-state index >= 15 is 0 Å². The second-order valence-corrected chi connectivity index (χ2v) is 4.14. The Balaban J connectivity index is 2.60.